The number of ether oxygens (including phenoxy) is 2. The van der Waals surface area contributed by atoms with Gasteiger partial charge in [0, 0.05) is 31.0 Å². The Morgan fingerprint density at radius 1 is 1.31 bits per heavy atom. The number of carboxylic acid groups (broad SMARTS) is 1. The van der Waals surface area contributed by atoms with Gasteiger partial charge in [0.25, 0.3) is 0 Å². The Balaban J connectivity index is 1.63. The van der Waals surface area contributed by atoms with Gasteiger partial charge in [-0.2, -0.15) is 0 Å². The normalized spacial score (nSPS) is 24.7. The number of carbonyl (C=O) groups is 2. The van der Waals surface area contributed by atoms with Crippen LogP contribution in [0.3, 0.4) is 0 Å². The molecular formula is C19H22FNO5. The Bertz CT molecular complexity index is 706. The lowest BCUT2D eigenvalue weighted by molar-refractivity contribution is -0.137. The average molecular weight is 363 g/mol. The molecule has 7 heteroatoms. The van der Waals surface area contributed by atoms with Crippen LogP contribution in [0.1, 0.15) is 38.2 Å². The number of amides is 1. The number of hydrogen-bond donors (Lipinski definition) is 1. The molecule has 2 heterocycles. The van der Waals surface area contributed by atoms with Gasteiger partial charge in [-0.1, -0.05) is 6.07 Å². The van der Waals surface area contributed by atoms with E-state index in [0.29, 0.717) is 18.4 Å². The lowest BCUT2D eigenvalue weighted by atomic mass is 10.00. The van der Waals surface area contributed by atoms with Crippen molar-refractivity contribution in [2.24, 2.45) is 0 Å². The third-order valence-corrected chi connectivity index (χ3v) is 4.86. The predicted molar refractivity (Wildman–Crippen MR) is 92.4 cm³/mol. The molecule has 2 unspecified atom stereocenters. The zero-order valence-electron chi connectivity index (χ0n) is 14.6. The molecule has 26 heavy (non-hydrogen) atoms. The van der Waals surface area contributed by atoms with Crippen LogP contribution >= 0.6 is 0 Å². The highest BCUT2D eigenvalue weighted by molar-refractivity contribution is 5.87. The summed E-state index contributed by atoms with van der Waals surface area (Å²) in [6.45, 7) is 2.00. The van der Waals surface area contributed by atoms with Crippen molar-refractivity contribution in [1.29, 1.82) is 0 Å². The first kappa shape index (κ1) is 18.2. The number of hydrogen-bond acceptors (Lipinski definition) is 4. The minimum absolute atomic E-state index is 0.0499. The van der Waals surface area contributed by atoms with E-state index in [2.05, 4.69) is 0 Å². The minimum atomic E-state index is -0.889. The van der Waals surface area contributed by atoms with Gasteiger partial charge in [0.15, 0.2) is 11.6 Å². The van der Waals surface area contributed by atoms with Crippen molar-refractivity contribution in [3.63, 3.8) is 0 Å². The van der Waals surface area contributed by atoms with Crippen molar-refractivity contribution in [3.8, 4) is 5.75 Å². The first-order valence-corrected chi connectivity index (χ1v) is 8.80. The maximum Gasteiger partial charge on any atom is 0.407 e. The number of carbonyl (C=O) groups excluding carboxylic acids is 1. The van der Waals surface area contributed by atoms with Crippen LogP contribution in [0.4, 0.5) is 9.18 Å². The van der Waals surface area contributed by atoms with E-state index >= 15 is 0 Å². The number of piperidine rings is 1. The van der Waals surface area contributed by atoms with E-state index in [4.69, 9.17) is 9.47 Å². The smallest absolute Gasteiger partial charge is 0.407 e. The van der Waals surface area contributed by atoms with Crippen LogP contribution in [0.5, 0.6) is 5.75 Å². The second-order valence-electron chi connectivity index (χ2n) is 6.56. The Morgan fingerprint density at radius 3 is 2.58 bits per heavy atom. The van der Waals surface area contributed by atoms with Crippen LogP contribution in [0, 0.1) is 5.82 Å². The zero-order valence-corrected chi connectivity index (χ0v) is 14.6. The van der Waals surface area contributed by atoms with Crippen molar-refractivity contribution in [3.05, 3.63) is 35.7 Å². The van der Waals surface area contributed by atoms with Crippen molar-refractivity contribution in [2.45, 2.75) is 50.8 Å². The highest BCUT2D eigenvalue weighted by Crippen LogP contribution is 2.37. The molecule has 2 saturated heterocycles. The summed E-state index contributed by atoms with van der Waals surface area (Å²) in [5, 5.41) is 9.28. The molecule has 3 rings (SSSR count). The second kappa shape index (κ2) is 7.76. The Morgan fingerprint density at radius 2 is 2.00 bits per heavy atom. The SMILES string of the molecule is CCOC(=O)/C=C/c1ccc(OC2CC3CCC(C2)N3C(=O)O)c(F)c1. The highest BCUT2D eigenvalue weighted by atomic mass is 19.1. The van der Waals surface area contributed by atoms with E-state index in [1.807, 2.05) is 0 Å². The number of halogens is 1. The van der Waals surface area contributed by atoms with Gasteiger partial charge >= 0.3 is 12.1 Å². The molecule has 0 aromatic heterocycles. The first-order valence-electron chi connectivity index (χ1n) is 8.80. The molecule has 2 fully saturated rings. The summed E-state index contributed by atoms with van der Waals surface area (Å²) in [6.07, 6.45) is 4.46. The maximum absolute atomic E-state index is 14.3. The average Bonchev–Trinajstić information content (AvgIpc) is 2.87. The molecule has 0 spiro atoms. The van der Waals surface area contributed by atoms with Crippen molar-refractivity contribution in [2.75, 3.05) is 6.61 Å². The maximum atomic E-state index is 14.3. The molecule has 140 valence electrons. The zero-order chi connectivity index (χ0) is 18.7. The lowest BCUT2D eigenvalue weighted by Crippen LogP contribution is -2.48. The number of benzene rings is 1. The molecule has 0 aliphatic carbocycles. The van der Waals surface area contributed by atoms with Gasteiger partial charge in [-0.25, -0.2) is 14.0 Å². The lowest BCUT2D eigenvalue weighted by Gasteiger charge is -2.37. The van der Waals surface area contributed by atoms with Gasteiger partial charge in [-0.05, 0) is 43.5 Å². The summed E-state index contributed by atoms with van der Waals surface area (Å²) in [7, 11) is 0. The summed E-state index contributed by atoms with van der Waals surface area (Å²) in [6, 6.07) is 4.39. The van der Waals surface area contributed by atoms with Crippen LogP contribution < -0.4 is 4.74 Å². The third-order valence-electron chi connectivity index (χ3n) is 4.86. The third kappa shape index (κ3) is 3.98. The van der Waals surface area contributed by atoms with Crippen LogP contribution in [0.2, 0.25) is 0 Å². The van der Waals surface area contributed by atoms with Crippen molar-refractivity contribution in [1.82, 2.24) is 4.90 Å². The van der Waals surface area contributed by atoms with E-state index in [0.717, 1.165) is 12.8 Å². The number of rotatable bonds is 5. The molecule has 0 radical (unpaired) electrons. The van der Waals surface area contributed by atoms with E-state index in [-0.39, 0.29) is 30.5 Å². The second-order valence-corrected chi connectivity index (χ2v) is 6.56. The fourth-order valence-corrected chi connectivity index (χ4v) is 3.79. The molecule has 0 saturated carbocycles. The molecule has 2 aliphatic rings. The van der Waals surface area contributed by atoms with Crippen LogP contribution in [0.15, 0.2) is 24.3 Å². The van der Waals surface area contributed by atoms with Gasteiger partial charge in [-0.15, -0.1) is 0 Å². The Hall–Kier alpha value is -2.57. The predicted octanol–water partition coefficient (Wildman–Crippen LogP) is 3.45. The summed E-state index contributed by atoms with van der Waals surface area (Å²) in [5.41, 5.74) is 0.531. The first-order chi connectivity index (χ1) is 12.5. The van der Waals surface area contributed by atoms with Crippen LogP contribution in [-0.2, 0) is 9.53 Å². The molecule has 6 nitrogen and oxygen atoms in total. The molecule has 2 aliphatic heterocycles. The van der Waals surface area contributed by atoms with Crippen LogP contribution in [0.25, 0.3) is 6.08 Å². The number of esters is 1. The molecule has 1 N–H and O–H groups in total. The number of nitrogens with zero attached hydrogens (tertiary/aromatic N) is 1. The quantitative estimate of drug-likeness (QED) is 0.640. The van der Waals surface area contributed by atoms with E-state index in [1.54, 1.807) is 13.0 Å². The van der Waals surface area contributed by atoms with Gasteiger partial charge in [-0.3, -0.25) is 0 Å². The van der Waals surface area contributed by atoms with E-state index in [1.165, 1.54) is 29.2 Å². The van der Waals surface area contributed by atoms with E-state index in [9.17, 15) is 19.1 Å². The Labute approximate surface area is 151 Å². The fourth-order valence-electron chi connectivity index (χ4n) is 3.79. The molecule has 1 aromatic carbocycles. The van der Waals surface area contributed by atoms with Crippen molar-refractivity contribution < 1.29 is 28.6 Å². The summed E-state index contributed by atoms with van der Waals surface area (Å²) < 4.78 is 24.9. The topological polar surface area (TPSA) is 76.1 Å². The summed E-state index contributed by atoms with van der Waals surface area (Å²) >= 11 is 0. The Kier molecular flexibility index (Phi) is 5.44. The van der Waals surface area contributed by atoms with Crippen LogP contribution in [-0.4, -0.2) is 46.9 Å². The monoisotopic (exact) mass is 363 g/mol. The summed E-state index contributed by atoms with van der Waals surface area (Å²) in [4.78, 5) is 24.1. The van der Waals surface area contributed by atoms with E-state index < -0.39 is 17.9 Å². The van der Waals surface area contributed by atoms with Gasteiger partial charge in [0.05, 0.1) is 6.61 Å². The van der Waals surface area contributed by atoms with Crippen molar-refractivity contribution >= 4 is 18.1 Å². The molecule has 2 bridgehead atoms. The fraction of sp³-hybridized carbons (Fsp3) is 0.474. The molecule has 1 aromatic rings. The number of fused-ring (bicyclic) bond motifs is 2. The van der Waals surface area contributed by atoms with Gasteiger partial charge in [0.1, 0.15) is 6.10 Å². The minimum Gasteiger partial charge on any atom is -0.487 e. The molecular weight excluding hydrogens is 341 g/mol. The largest absolute Gasteiger partial charge is 0.487 e. The molecule has 2 atom stereocenters. The van der Waals surface area contributed by atoms with Gasteiger partial charge in [0.2, 0.25) is 0 Å². The van der Waals surface area contributed by atoms with Gasteiger partial charge < -0.3 is 19.5 Å². The standard InChI is InChI=1S/C19H22FNO5/c1-2-25-18(22)8-4-12-3-7-17(16(20)9-12)26-15-10-13-5-6-14(11-15)21(13)19(23)24/h3-4,7-9,13-15H,2,5-6,10-11H2,1H3,(H,23,24)/b8-4+. The summed E-state index contributed by atoms with van der Waals surface area (Å²) in [5.74, 6) is -0.843. The molecule has 1 amide bonds. The highest BCUT2D eigenvalue weighted by Gasteiger charge is 2.44.